The fourth-order valence-electron chi connectivity index (χ4n) is 3.39. The average Bonchev–Trinajstić information content (AvgIpc) is 3.14. The van der Waals surface area contributed by atoms with Crippen LogP contribution in [-0.2, 0) is 6.54 Å². The number of para-hydroxylation sites is 2. The summed E-state index contributed by atoms with van der Waals surface area (Å²) in [4.78, 5) is 13.0. The van der Waals surface area contributed by atoms with Gasteiger partial charge in [0.2, 0.25) is 0 Å². The van der Waals surface area contributed by atoms with Crippen molar-refractivity contribution in [1.82, 2.24) is 14.2 Å². The minimum Gasteiger partial charge on any atom is -0.320 e. The molecule has 0 saturated carbocycles. The minimum absolute atomic E-state index is 0.0596. The third-order valence-corrected chi connectivity index (χ3v) is 5.02. The zero-order chi connectivity index (χ0) is 19.0. The van der Waals surface area contributed by atoms with E-state index in [4.69, 9.17) is 0 Å². The molecule has 0 bridgehead atoms. The van der Waals surface area contributed by atoms with Gasteiger partial charge in [0.25, 0.3) is 0 Å². The smallest absolute Gasteiger partial charge is 0.191 e. The number of carbonyl (C=O) groups is 1. The van der Waals surface area contributed by atoms with Crippen molar-refractivity contribution >= 4 is 44.5 Å². The van der Waals surface area contributed by atoms with Gasteiger partial charge < -0.3 is 4.57 Å². The maximum Gasteiger partial charge on any atom is 0.191 e. The molecule has 2 aromatic carbocycles. The third-order valence-electron chi connectivity index (χ3n) is 4.53. The van der Waals surface area contributed by atoms with Crippen LogP contribution in [0.15, 0.2) is 71.7 Å². The average molecular weight is 420 g/mol. The highest BCUT2D eigenvalue weighted by atomic mass is 79.9. The zero-order valence-corrected chi connectivity index (χ0v) is 16.5. The van der Waals surface area contributed by atoms with Crippen LogP contribution in [0.4, 0.5) is 0 Å². The van der Waals surface area contributed by atoms with Crippen LogP contribution in [0.1, 0.15) is 21.6 Å². The number of fused-ring (bicyclic) bond motifs is 3. The molecular weight excluding hydrogens is 402 g/mol. The summed E-state index contributed by atoms with van der Waals surface area (Å²) in [5, 5.41) is 4.63. The van der Waals surface area contributed by atoms with Crippen LogP contribution >= 0.6 is 15.9 Å². The number of benzene rings is 2. The lowest BCUT2D eigenvalue weighted by atomic mass is 10.1. The second-order valence-corrected chi connectivity index (χ2v) is 7.25. The molecule has 4 rings (SSSR count). The second kappa shape index (κ2) is 7.00. The first-order valence-corrected chi connectivity index (χ1v) is 9.45. The molecule has 0 aliphatic heterocycles. The van der Waals surface area contributed by atoms with Gasteiger partial charge in [0.1, 0.15) is 5.65 Å². The van der Waals surface area contributed by atoms with E-state index in [0.29, 0.717) is 12.1 Å². The molecule has 4 aromatic rings. The Morgan fingerprint density at radius 2 is 1.96 bits per heavy atom. The number of hydrogen-bond acceptors (Lipinski definition) is 2. The molecule has 4 nitrogen and oxygen atoms in total. The molecule has 2 heterocycles. The fraction of sp³-hybridized carbons (Fsp3) is 0.0909. The first-order valence-electron chi connectivity index (χ1n) is 8.65. The molecule has 5 heteroatoms. The van der Waals surface area contributed by atoms with Gasteiger partial charge >= 0.3 is 0 Å². The van der Waals surface area contributed by atoms with E-state index < -0.39 is 0 Å². The largest absolute Gasteiger partial charge is 0.320 e. The molecule has 0 saturated heterocycles. The molecule has 134 valence electrons. The maximum atomic E-state index is 13.0. The van der Waals surface area contributed by atoms with Crippen molar-refractivity contribution in [1.29, 1.82) is 0 Å². The summed E-state index contributed by atoms with van der Waals surface area (Å²) in [5.41, 5.74) is 5.12. The highest BCUT2D eigenvalue weighted by Gasteiger charge is 2.21. The van der Waals surface area contributed by atoms with E-state index in [1.807, 2.05) is 72.1 Å². The van der Waals surface area contributed by atoms with Crippen molar-refractivity contribution in [2.75, 3.05) is 0 Å². The minimum atomic E-state index is -0.0596. The monoisotopic (exact) mass is 419 g/mol. The first-order chi connectivity index (χ1) is 13.1. The highest BCUT2D eigenvalue weighted by Crippen LogP contribution is 2.26. The Balaban J connectivity index is 1.87. The maximum absolute atomic E-state index is 13.0. The van der Waals surface area contributed by atoms with Gasteiger partial charge in [-0.25, -0.2) is 4.52 Å². The normalized spacial score (nSPS) is 11.6. The predicted molar refractivity (Wildman–Crippen MR) is 113 cm³/mol. The topological polar surface area (TPSA) is 39.3 Å². The van der Waals surface area contributed by atoms with E-state index in [-0.39, 0.29) is 5.78 Å². The van der Waals surface area contributed by atoms with Crippen molar-refractivity contribution in [2.24, 2.45) is 0 Å². The van der Waals surface area contributed by atoms with E-state index in [1.54, 1.807) is 6.08 Å². The summed E-state index contributed by atoms with van der Waals surface area (Å²) in [7, 11) is 0. The first kappa shape index (κ1) is 17.5. The van der Waals surface area contributed by atoms with Gasteiger partial charge in [-0.2, -0.15) is 5.10 Å². The molecule has 27 heavy (non-hydrogen) atoms. The van der Waals surface area contributed by atoms with Crippen LogP contribution in [-0.4, -0.2) is 20.0 Å². The third kappa shape index (κ3) is 3.04. The van der Waals surface area contributed by atoms with Crippen molar-refractivity contribution in [2.45, 2.75) is 13.5 Å². The van der Waals surface area contributed by atoms with Crippen LogP contribution in [0.3, 0.4) is 0 Å². The number of halogens is 1. The Hall–Kier alpha value is -2.92. The lowest BCUT2D eigenvalue weighted by Gasteiger charge is -2.03. The predicted octanol–water partition coefficient (Wildman–Crippen LogP) is 5.44. The molecule has 0 aliphatic carbocycles. The van der Waals surface area contributed by atoms with Crippen LogP contribution in [0, 0.1) is 6.92 Å². The summed E-state index contributed by atoms with van der Waals surface area (Å²) in [6.45, 7) is 6.34. The number of hydrogen-bond donors (Lipinski definition) is 0. The fourth-order valence-corrected chi connectivity index (χ4v) is 3.80. The molecule has 0 radical (unpaired) electrons. The summed E-state index contributed by atoms with van der Waals surface area (Å²) in [5.74, 6) is -0.0596. The van der Waals surface area contributed by atoms with Crippen LogP contribution < -0.4 is 0 Å². The Morgan fingerprint density at radius 1 is 1.19 bits per heavy atom. The summed E-state index contributed by atoms with van der Waals surface area (Å²) >= 11 is 3.45. The van der Waals surface area contributed by atoms with Crippen molar-refractivity contribution in [3.63, 3.8) is 0 Å². The summed E-state index contributed by atoms with van der Waals surface area (Å²) in [6.07, 6.45) is 5.28. The van der Waals surface area contributed by atoms with E-state index in [1.165, 1.54) is 0 Å². The van der Waals surface area contributed by atoms with E-state index >= 15 is 0 Å². The second-order valence-electron chi connectivity index (χ2n) is 6.34. The molecule has 0 N–H and O–H groups in total. The zero-order valence-electron chi connectivity index (χ0n) is 14.9. The highest BCUT2D eigenvalue weighted by molar-refractivity contribution is 9.10. The summed E-state index contributed by atoms with van der Waals surface area (Å²) in [6, 6.07) is 15.9. The molecular formula is C22H18BrN3O. The van der Waals surface area contributed by atoms with Crippen molar-refractivity contribution < 1.29 is 4.79 Å². The Kier molecular flexibility index (Phi) is 4.54. The molecule has 0 aliphatic rings. The molecule has 0 fully saturated rings. The number of allylic oxidation sites excluding steroid dienone is 2. The van der Waals surface area contributed by atoms with Crippen LogP contribution in [0.5, 0.6) is 0 Å². The van der Waals surface area contributed by atoms with Crippen LogP contribution in [0.2, 0.25) is 0 Å². The molecule has 0 spiro atoms. The van der Waals surface area contributed by atoms with Gasteiger partial charge in [-0.3, -0.25) is 4.79 Å². The van der Waals surface area contributed by atoms with Gasteiger partial charge in [-0.05, 0) is 42.8 Å². The van der Waals surface area contributed by atoms with Gasteiger partial charge in [0.15, 0.2) is 5.78 Å². The van der Waals surface area contributed by atoms with Gasteiger partial charge in [-0.1, -0.05) is 52.3 Å². The molecule has 2 aromatic heterocycles. The Morgan fingerprint density at radius 3 is 2.70 bits per heavy atom. The summed E-state index contributed by atoms with van der Waals surface area (Å²) < 4.78 is 4.92. The lowest BCUT2D eigenvalue weighted by molar-refractivity contribution is 0.104. The Labute approximate surface area is 165 Å². The van der Waals surface area contributed by atoms with Crippen LogP contribution in [0.25, 0.3) is 22.8 Å². The standard InChI is InChI=1S/C22H18BrN3O/c1-3-13-25-18-9-4-5-10-19(18)26-22(25)21(15(2)24-26)20(27)12-11-16-7-6-8-17(23)14-16/h3-12,14H,1,13H2,2H3. The lowest BCUT2D eigenvalue weighted by Crippen LogP contribution is -2.02. The van der Waals surface area contributed by atoms with Crippen molar-refractivity contribution in [3.8, 4) is 0 Å². The number of ketones is 1. The van der Waals surface area contributed by atoms with Gasteiger partial charge in [0.05, 0.1) is 22.3 Å². The number of rotatable bonds is 5. The molecule has 0 atom stereocenters. The number of imidazole rings is 1. The van der Waals surface area contributed by atoms with E-state index in [9.17, 15) is 4.79 Å². The number of nitrogens with zero attached hydrogens (tertiary/aromatic N) is 3. The number of aromatic nitrogens is 3. The van der Waals surface area contributed by atoms with Crippen molar-refractivity contribution in [3.05, 3.63) is 88.6 Å². The van der Waals surface area contributed by atoms with E-state index in [0.717, 1.165) is 32.4 Å². The van der Waals surface area contributed by atoms with E-state index in [2.05, 4.69) is 32.2 Å². The molecule has 0 unspecified atom stereocenters. The number of aryl methyl sites for hydroxylation is 1. The SMILES string of the molecule is C=CCn1c2ccccc2n2nc(C)c(C(=O)C=Cc3cccc(Br)c3)c12. The van der Waals surface area contributed by atoms with Gasteiger partial charge in [-0.15, -0.1) is 6.58 Å². The molecule has 0 amide bonds. The Bertz CT molecular complexity index is 1210. The quantitative estimate of drug-likeness (QED) is 0.245. The van der Waals surface area contributed by atoms with Gasteiger partial charge in [0, 0.05) is 11.0 Å². The number of carbonyl (C=O) groups excluding carboxylic acids is 1.